The fraction of sp³-hybridized carbons (Fsp3) is 0.269. The van der Waals surface area contributed by atoms with Gasteiger partial charge in [-0.2, -0.15) is 0 Å². The van der Waals surface area contributed by atoms with Gasteiger partial charge in [-0.05, 0) is 30.7 Å². The van der Waals surface area contributed by atoms with Crippen molar-refractivity contribution in [2.45, 2.75) is 13.3 Å². The first-order chi connectivity index (χ1) is 17.9. The van der Waals surface area contributed by atoms with Gasteiger partial charge >= 0.3 is 0 Å². The summed E-state index contributed by atoms with van der Waals surface area (Å²) >= 11 is 0. The van der Waals surface area contributed by atoms with Gasteiger partial charge in [0, 0.05) is 50.6 Å². The summed E-state index contributed by atoms with van der Waals surface area (Å²) in [5.41, 5.74) is 11.2. The predicted octanol–water partition coefficient (Wildman–Crippen LogP) is 1.43. The van der Waals surface area contributed by atoms with E-state index in [1.165, 1.54) is 18.5 Å². The first-order valence-electron chi connectivity index (χ1n) is 11.8. The smallest absolute Gasteiger partial charge is 0.256 e. The zero-order valence-electron chi connectivity index (χ0n) is 20.7. The molecule has 5 N–H and O–H groups in total. The molecule has 10 nitrogen and oxygen atoms in total. The molecule has 0 atom stereocenters. The number of guanidine groups is 1. The minimum Gasteiger partial charge on any atom is -0.384 e. The fourth-order valence-electron chi connectivity index (χ4n) is 4.08. The molecule has 1 amide bonds. The van der Waals surface area contributed by atoms with E-state index < -0.39 is 5.82 Å². The van der Waals surface area contributed by atoms with Crippen molar-refractivity contribution in [1.29, 1.82) is 0 Å². The van der Waals surface area contributed by atoms with Crippen LogP contribution >= 0.6 is 0 Å². The number of anilines is 1. The molecule has 1 aliphatic heterocycles. The highest BCUT2D eigenvalue weighted by atomic mass is 19.1. The first-order valence-corrected chi connectivity index (χ1v) is 11.8. The molecule has 0 radical (unpaired) electrons. The van der Waals surface area contributed by atoms with Crippen LogP contribution in [0.4, 0.5) is 10.2 Å². The Hall–Kier alpha value is -4.56. The number of benzene rings is 1. The molecule has 3 aromatic rings. The molecule has 190 valence electrons. The van der Waals surface area contributed by atoms with Gasteiger partial charge < -0.3 is 15.5 Å². The summed E-state index contributed by atoms with van der Waals surface area (Å²) in [7, 11) is 1.64. The SMILES string of the molecule is CCc1ncnc(-c2ccc(C(=O)N3CCN(C(=NC)NN)CC3)c(F)c2)c1C#Cc1ccc(N)nc1. The number of hydrogen-bond acceptors (Lipinski definition) is 7. The number of amides is 1. The van der Waals surface area contributed by atoms with Crippen LogP contribution in [0.15, 0.2) is 47.8 Å². The lowest BCUT2D eigenvalue weighted by molar-refractivity contribution is 0.0685. The van der Waals surface area contributed by atoms with Crippen molar-refractivity contribution in [3.8, 4) is 23.1 Å². The number of aromatic nitrogens is 3. The summed E-state index contributed by atoms with van der Waals surface area (Å²) in [5.74, 6) is 11.6. The normalized spacial score (nSPS) is 13.7. The Kier molecular flexibility index (Phi) is 7.90. The number of nitrogens with two attached hydrogens (primary N) is 2. The standard InChI is InChI=1S/C26H28FN9O/c1-3-22-20(7-4-17-5-9-23(28)31-15-17)24(33-16-32-22)18-6-8-19(21(27)14-18)25(37)35-10-12-36(13-11-35)26(30-2)34-29/h5-6,8-9,14-16H,3,10-13,29H2,1-2H3,(H2,28,31)(H,30,34). The van der Waals surface area contributed by atoms with E-state index in [1.807, 2.05) is 11.8 Å². The minimum absolute atomic E-state index is 0.00360. The Morgan fingerprint density at radius 2 is 1.86 bits per heavy atom. The molecule has 1 saturated heterocycles. The van der Waals surface area contributed by atoms with Gasteiger partial charge in [-0.3, -0.25) is 15.2 Å². The molecule has 3 heterocycles. The molecule has 1 aromatic carbocycles. The predicted molar refractivity (Wildman–Crippen MR) is 140 cm³/mol. The van der Waals surface area contributed by atoms with Crippen LogP contribution in [0.3, 0.4) is 0 Å². The largest absolute Gasteiger partial charge is 0.384 e. The fourth-order valence-corrected chi connectivity index (χ4v) is 4.08. The van der Waals surface area contributed by atoms with Crippen molar-refractivity contribution in [1.82, 2.24) is 30.2 Å². The third kappa shape index (κ3) is 5.65. The summed E-state index contributed by atoms with van der Waals surface area (Å²) in [6.45, 7) is 3.88. The van der Waals surface area contributed by atoms with Crippen LogP contribution < -0.4 is 17.0 Å². The molecule has 4 rings (SSSR count). The Bertz CT molecular complexity index is 1370. The monoisotopic (exact) mass is 501 g/mol. The van der Waals surface area contributed by atoms with Gasteiger partial charge in [-0.1, -0.05) is 24.8 Å². The number of nitrogens with zero attached hydrogens (tertiary/aromatic N) is 6. The van der Waals surface area contributed by atoms with Crippen molar-refractivity contribution in [2.75, 3.05) is 39.0 Å². The second-order valence-electron chi connectivity index (χ2n) is 8.28. The molecule has 0 bridgehead atoms. The van der Waals surface area contributed by atoms with Crippen molar-refractivity contribution in [2.24, 2.45) is 10.8 Å². The van der Waals surface area contributed by atoms with Crippen molar-refractivity contribution in [3.05, 3.63) is 71.1 Å². The van der Waals surface area contributed by atoms with E-state index in [-0.39, 0.29) is 11.5 Å². The van der Waals surface area contributed by atoms with E-state index in [1.54, 1.807) is 36.3 Å². The minimum atomic E-state index is -0.623. The number of aryl methyl sites for hydroxylation is 1. The molecule has 1 aliphatic rings. The maximum absolute atomic E-state index is 15.3. The summed E-state index contributed by atoms with van der Waals surface area (Å²) in [4.78, 5) is 33.5. The number of hydrazine groups is 1. The second kappa shape index (κ2) is 11.5. The maximum atomic E-state index is 15.3. The molecular weight excluding hydrogens is 473 g/mol. The van der Waals surface area contributed by atoms with Gasteiger partial charge in [-0.25, -0.2) is 25.2 Å². The number of nitrogens with one attached hydrogen (secondary N) is 1. The molecule has 0 spiro atoms. The quantitative estimate of drug-likeness (QED) is 0.161. The third-order valence-electron chi connectivity index (χ3n) is 6.06. The average Bonchev–Trinajstić information content (AvgIpc) is 2.93. The highest BCUT2D eigenvalue weighted by Crippen LogP contribution is 2.26. The van der Waals surface area contributed by atoms with Crippen LogP contribution in [0.1, 0.15) is 34.1 Å². The van der Waals surface area contributed by atoms with Gasteiger partial charge in [0.25, 0.3) is 5.91 Å². The van der Waals surface area contributed by atoms with Crippen LogP contribution in [0.5, 0.6) is 0 Å². The molecule has 0 saturated carbocycles. The second-order valence-corrected chi connectivity index (χ2v) is 8.28. The lowest BCUT2D eigenvalue weighted by Crippen LogP contribution is -2.55. The maximum Gasteiger partial charge on any atom is 0.256 e. The van der Waals surface area contributed by atoms with Crippen LogP contribution in [0.25, 0.3) is 11.3 Å². The topological polar surface area (TPSA) is 139 Å². The number of pyridine rings is 1. The number of rotatable bonds is 3. The Balaban J connectivity index is 1.59. The Morgan fingerprint density at radius 1 is 1.11 bits per heavy atom. The van der Waals surface area contributed by atoms with Crippen molar-refractivity contribution < 1.29 is 9.18 Å². The van der Waals surface area contributed by atoms with Gasteiger partial charge in [0.2, 0.25) is 5.96 Å². The van der Waals surface area contributed by atoms with Crippen molar-refractivity contribution >= 4 is 17.7 Å². The molecular formula is C26H28FN9O. The Morgan fingerprint density at radius 3 is 2.49 bits per heavy atom. The number of halogens is 1. The number of nitrogen functional groups attached to an aromatic ring is 1. The number of carbonyl (C=O) groups excluding carboxylic acids is 1. The first kappa shape index (κ1) is 25.5. The van der Waals surface area contributed by atoms with E-state index in [4.69, 9.17) is 11.6 Å². The van der Waals surface area contributed by atoms with E-state index >= 15 is 4.39 Å². The lowest BCUT2D eigenvalue weighted by atomic mass is 10.0. The molecule has 0 unspecified atom stereocenters. The van der Waals surface area contributed by atoms with Crippen LogP contribution in [-0.2, 0) is 6.42 Å². The Labute approximate surface area is 214 Å². The zero-order chi connectivity index (χ0) is 26.4. The van der Waals surface area contributed by atoms with E-state index in [0.29, 0.717) is 66.8 Å². The number of aliphatic imine (C=N–C) groups is 1. The van der Waals surface area contributed by atoms with Crippen LogP contribution in [-0.4, -0.2) is 69.8 Å². The van der Waals surface area contributed by atoms with Gasteiger partial charge in [-0.15, -0.1) is 0 Å². The van der Waals surface area contributed by atoms with E-state index in [0.717, 1.165) is 5.69 Å². The summed E-state index contributed by atoms with van der Waals surface area (Å²) in [6.07, 6.45) is 3.64. The summed E-state index contributed by atoms with van der Waals surface area (Å²) in [5, 5.41) is 0. The molecule has 37 heavy (non-hydrogen) atoms. The highest BCUT2D eigenvalue weighted by Gasteiger charge is 2.26. The summed E-state index contributed by atoms with van der Waals surface area (Å²) < 4.78 is 15.3. The van der Waals surface area contributed by atoms with E-state index in [9.17, 15) is 4.79 Å². The number of carbonyl (C=O) groups is 1. The highest BCUT2D eigenvalue weighted by molar-refractivity contribution is 5.95. The van der Waals surface area contributed by atoms with Gasteiger partial charge in [0.1, 0.15) is 18.0 Å². The van der Waals surface area contributed by atoms with Gasteiger partial charge in [0.15, 0.2) is 0 Å². The van der Waals surface area contributed by atoms with Crippen LogP contribution in [0.2, 0.25) is 0 Å². The lowest BCUT2D eigenvalue weighted by Gasteiger charge is -2.36. The molecule has 1 fully saturated rings. The zero-order valence-corrected chi connectivity index (χ0v) is 20.7. The number of hydrogen-bond donors (Lipinski definition) is 3. The van der Waals surface area contributed by atoms with Crippen molar-refractivity contribution in [3.63, 3.8) is 0 Å². The van der Waals surface area contributed by atoms with Crippen LogP contribution in [0, 0.1) is 17.7 Å². The van der Waals surface area contributed by atoms with Gasteiger partial charge in [0.05, 0.1) is 22.5 Å². The summed E-state index contributed by atoms with van der Waals surface area (Å²) in [6, 6.07) is 7.94. The number of piperazine rings is 1. The van der Waals surface area contributed by atoms with E-state index in [2.05, 4.69) is 37.2 Å². The third-order valence-corrected chi connectivity index (χ3v) is 6.06. The molecule has 11 heteroatoms. The average molecular weight is 502 g/mol. The molecule has 0 aliphatic carbocycles. The molecule has 2 aromatic heterocycles.